The molecule has 6 nitrogen and oxygen atoms in total. The molecule has 0 unspecified atom stereocenters. The number of ether oxygens (including phenoxy) is 1. The predicted molar refractivity (Wildman–Crippen MR) is 91.5 cm³/mol. The van der Waals surface area contributed by atoms with E-state index in [0.717, 1.165) is 31.3 Å². The SMILES string of the molecule is c1cc(CN2CCOC[C@@H]2c2nccc(NC3CCC3)n2)ccn1. The lowest BCUT2D eigenvalue weighted by molar-refractivity contribution is -0.0159. The van der Waals surface area contributed by atoms with Crippen molar-refractivity contribution in [2.75, 3.05) is 25.1 Å². The van der Waals surface area contributed by atoms with Crippen LogP contribution in [0.5, 0.6) is 0 Å². The molecule has 4 rings (SSSR count). The molecule has 126 valence electrons. The largest absolute Gasteiger partial charge is 0.378 e. The van der Waals surface area contributed by atoms with Gasteiger partial charge in [0.2, 0.25) is 0 Å². The number of morpholine rings is 1. The maximum Gasteiger partial charge on any atom is 0.150 e. The maximum atomic E-state index is 5.70. The third kappa shape index (κ3) is 3.55. The molecule has 0 radical (unpaired) electrons. The minimum Gasteiger partial charge on any atom is -0.378 e. The van der Waals surface area contributed by atoms with Crippen LogP contribution in [0.1, 0.15) is 36.7 Å². The number of hydrogen-bond donors (Lipinski definition) is 1. The van der Waals surface area contributed by atoms with E-state index >= 15 is 0 Å². The molecule has 2 fully saturated rings. The Morgan fingerprint density at radius 2 is 2.04 bits per heavy atom. The van der Waals surface area contributed by atoms with Crippen LogP contribution in [0.4, 0.5) is 5.82 Å². The Kier molecular flexibility index (Phi) is 4.66. The fraction of sp³-hybridized carbons (Fsp3) is 0.500. The van der Waals surface area contributed by atoms with E-state index in [9.17, 15) is 0 Å². The van der Waals surface area contributed by atoms with Crippen molar-refractivity contribution in [2.24, 2.45) is 0 Å². The molecule has 1 atom stereocenters. The minimum atomic E-state index is 0.0926. The van der Waals surface area contributed by atoms with Crippen molar-refractivity contribution in [3.05, 3.63) is 48.2 Å². The number of rotatable bonds is 5. The van der Waals surface area contributed by atoms with Crippen molar-refractivity contribution < 1.29 is 4.74 Å². The minimum absolute atomic E-state index is 0.0926. The average molecular weight is 325 g/mol. The van der Waals surface area contributed by atoms with Crippen molar-refractivity contribution in [1.29, 1.82) is 0 Å². The van der Waals surface area contributed by atoms with Gasteiger partial charge in [-0.2, -0.15) is 0 Å². The summed E-state index contributed by atoms with van der Waals surface area (Å²) in [7, 11) is 0. The molecule has 2 aromatic rings. The highest BCUT2D eigenvalue weighted by Gasteiger charge is 2.27. The van der Waals surface area contributed by atoms with Gasteiger partial charge in [-0.05, 0) is 43.0 Å². The molecule has 1 N–H and O–H groups in total. The molecule has 1 aliphatic heterocycles. The van der Waals surface area contributed by atoms with E-state index in [1.807, 2.05) is 24.7 Å². The Balaban J connectivity index is 1.50. The quantitative estimate of drug-likeness (QED) is 0.911. The summed E-state index contributed by atoms with van der Waals surface area (Å²) in [4.78, 5) is 15.8. The first-order valence-electron chi connectivity index (χ1n) is 8.69. The van der Waals surface area contributed by atoms with Crippen LogP contribution in [0.15, 0.2) is 36.8 Å². The molecule has 1 saturated carbocycles. The zero-order valence-electron chi connectivity index (χ0n) is 13.8. The lowest BCUT2D eigenvalue weighted by Crippen LogP contribution is -2.40. The van der Waals surface area contributed by atoms with Gasteiger partial charge in [0.15, 0.2) is 0 Å². The van der Waals surface area contributed by atoms with Crippen molar-refractivity contribution in [2.45, 2.75) is 37.9 Å². The highest BCUT2D eigenvalue weighted by Crippen LogP contribution is 2.26. The van der Waals surface area contributed by atoms with Crippen LogP contribution < -0.4 is 5.32 Å². The highest BCUT2D eigenvalue weighted by atomic mass is 16.5. The van der Waals surface area contributed by atoms with Crippen molar-refractivity contribution in [3.63, 3.8) is 0 Å². The number of nitrogens with zero attached hydrogens (tertiary/aromatic N) is 4. The van der Waals surface area contributed by atoms with Gasteiger partial charge in [0.25, 0.3) is 0 Å². The standard InChI is InChI=1S/C18H23N5O/c1-2-15(3-1)21-17-6-9-20-18(22-17)16-13-24-11-10-23(16)12-14-4-7-19-8-5-14/h4-9,15-16H,1-3,10-13H2,(H,20,21,22)/t16-/m1/s1. The monoisotopic (exact) mass is 325 g/mol. The normalized spacial score (nSPS) is 22.1. The number of hydrogen-bond acceptors (Lipinski definition) is 6. The summed E-state index contributed by atoms with van der Waals surface area (Å²) < 4.78 is 5.70. The molecule has 2 aromatic heterocycles. The summed E-state index contributed by atoms with van der Waals surface area (Å²) >= 11 is 0. The van der Waals surface area contributed by atoms with Gasteiger partial charge in [-0.25, -0.2) is 9.97 Å². The van der Waals surface area contributed by atoms with Crippen LogP contribution in [0.3, 0.4) is 0 Å². The lowest BCUT2D eigenvalue weighted by atomic mass is 9.93. The number of pyridine rings is 1. The van der Waals surface area contributed by atoms with E-state index in [-0.39, 0.29) is 6.04 Å². The second-order valence-electron chi connectivity index (χ2n) is 6.49. The van der Waals surface area contributed by atoms with Gasteiger partial charge >= 0.3 is 0 Å². The summed E-state index contributed by atoms with van der Waals surface area (Å²) in [6, 6.07) is 6.74. The van der Waals surface area contributed by atoms with Crippen molar-refractivity contribution in [3.8, 4) is 0 Å². The molecule has 0 aromatic carbocycles. The summed E-state index contributed by atoms with van der Waals surface area (Å²) in [6.07, 6.45) is 9.31. The second-order valence-corrected chi connectivity index (χ2v) is 6.49. The lowest BCUT2D eigenvalue weighted by Gasteiger charge is -2.34. The smallest absolute Gasteiger partial charge is 0.150 e. The van der Waals surface area contributed by atoms with Gasteiger partial charge < -0.3 is 10.1 Å². The first-order valence-corrected chi connectivity index (χ1v) is 8.69. The van der Waals surface area contributed by atoms with Crippen LogP contribution in [0, 0.1) is 0 Å². The topological polar surface area (TPSA) is 63.2 Å². The molecule has 2 aliphatic rings. The Bertz CT molecular complexity index is 661. The molecule has 1 saturated heterocycles. The highest BCUT2D eigenvalue weighted by molar-refractivity contribution is 5.35. The Labute approximate surface area is 142 Å². The molecule has 0 amide bonds. The summed E-state index contributed by atoms with van der Waals surface area (Å²) in [6.45, 7) is 3.14. The van der Waals surface area contributed by atoms with E-state index in [1.54, 1.807) is 0 Å². The van der Waals surface area contributed by atoms with Crippen LogP contribution in [0.2, 0.25) is 0 Å². The van der Waals surface area contributed by atoms with Gasteiger partial charge in [0, 0.05) is 37.7 Å². The summed E-state index contributed by atoms with van der Waals surface area (Å²) in [5.74, 6) is 1.77. The summed E-state index contributed by atoms with van der Waals surface area (Å²) in [5.41, 5.74) is 1.25. The van der Waals surface area contributed by atoms with Gasteiger partial charge in [-0.3, -0.25) is 9.88 Å². The Morgan fingerprint density at radius 1 is 1.17 bits per heavy atom. The third-order valence-electron chi connectivity index (χ3n) is 4.80. The second kappa shape index (κ2) is 7.23. The molecule has 6 heteroatoms. The zero-order valence-corrected chi connectivity index (χ0v) is 13.8. The van der Waals surface area contributed by atoms with Gasteiger partial charge in [0.05, 0.1) is 19.3 Å². The zero-order chi connectivity index (χ0) is 16.2. The van der Waals surface area contributed by atoms with Crippen molar-refractivity contribution >= 4 is 5.82 Å². The molecule has 0 bridgehead atoms. The van der Waals surface area contributed by atoms with Gasteiger partial charge in [-0.1, -0.05) is 0 Å². The number of anilines is 1. The van der Waals surface area contributed by atoms with Crippen LogP contribution in [0.25, 0.3) is 0 Å². The van der Waals surface area contributed by atoms with Crippen LogP contribution in [-0.4, -0.2) is 45.7 Å². The van der Waals surface area contributed by atoms with Gasteiger partial charge in [0.1, 0.15) is 11.6 Å². The first kappa shape index (κ1) is 15.5. The van der Waals surface area contributed by atoms with E-state index in [1.165, 1.54) is 24.8 Å². The number of nitrogens with one attached hydrogen (secondary N) is 1. The van der Waals surface area contributed by atoms with Crippen LogP contribution in [-0.2, 0) is 11.3 Å². The Morgan fingerprint density at radius 3 is 2.83 bits per heavy atom. The van der Waals surface area contributed by atoms with E-state index in [2.05, 4.69) is 32.3 Å². The molecule has 24 heavy (non-hydrogen) atoms. The fourth-order valence-corrected chi connectivity index (χ4v) is 3.16. The predicted octanol–water partition coefficient (Wildman–Crippen LogP) is 2.41. The van der Waals surface area contributed by atoms with E-state index in [0.29, 0.717) is 12.6 Å². The molecule has 3 heterocycles. The average Bonchev–Trinajstić information content (AvgIpc) is 2.60. The van der Waals surface area contributed by atoms with Gasteiger partial charge in [-0.15, -0.1) is 0 Å². The maximum absolute atomic E-state index is 5.70. The fourth-order valence-electron chi connectivity index (χ4n) is 3.16. The van der Waals surface area contributed by atoms with Crippen LogP contribution >= 0.6 is 0 Å². The van der Waals surface area contributed by atoms with E-state index in [4.69, 9.17) is 9.72 Å². The molecule has 0 spiro atoms. The Hall–Kier alpha value is -2.05. The number of aromatic nitrogens is 3. The van der Waals surface area contributed by atoms with E-state index < -0.39 is 0 Å². The summed E-state index contributed by atoms with van der Waals surface area (Å²) in [5, 5.41) is 3.50. The molecule has 1 aliphatic carbocycles. The first-order chi connectivity index (χ1) is 11.9. The molecular weight excluding hydrogens is 302 g/mol. The molecular formula is C18H23N5O. The third-order valence-corrected chi connectivity index (χ3v) is 4.80. The van der Waals surface area contributed by atoms with Crippen molar-refractivity contribution in [1.82, 2.24) is 19.9 Å².